The predicted molar refractivity (Wildman–Crippen MR) is 84.7 cm³/mol. The van der Waals surface area contributed by atoms with E-state index in [1.165, 1.54) is 11.1 Å². The van der Waals surface area contributed by atoms with E-state index in [0.29, 0.717) is 5.02 Å². The first-order chi connectivity index (χ1) is 9.69. The molecule has 0 saturated carbocycles. The first-order valence-electron chi connectivity index (χ1n) is 6.79. The zero-order valence-electron chi connectivity index (χ0n) is 12.1. The van der Waals surface area contributed by atoms with Crippen LogP contribution >= 0.6 is 11.6 Å². The Balaban J connectivity index is 2.46. The van der Waals surface area contributed by atoms with Crippen molar-refractivity contribution >= 4 is 11.6 Å². The van der Waals surface area contributed by atoms with E-state index in [-0.39, 0.29) is 6.04 Å². The molecule has 20 heavy (non-hydrogen) atoms. The molecule has 2 nitrogen and oxygen atoms in total. The van der Waals surface area contributed by atoms with Crippen LogP contribution in [-0.2, 0) is 6.42 Å². The molecule has 0 aromatic heterocycles. The van der Waals surface area contributed by atoms with E-state index in [9.17, 15) is 0 Å². The molecule has 0 aliphatic rings. The number of hydrogen-bond acceptors (Lipinski definition) is 2. The number of benzene rings is 2. The quantitative estimate of drug-likeness (QED) is 0.890. The maximum absolute atomic E-state index is 6.04. The minimum absolute atomic E-state index is 0.0914. The molecule has 1 unspecified atom stereocenters. The van der Waals surface area contributed by atoms with Crippen LogP contribution in [0.5, 0.6) is 5.75 Å². The van der Waals surface area contributed by atoms with E-state index in [0.717, 1.165) is 17.7 Å². The molecule has 0 fully saturated rings. The third kappa shape index (κ3) is 3.14. The highest BCUT2D eigenvalue weighted by atomic mass is 35.5. The molecule has 0 radical (unpaired) electrons. The van der Waals surface area contributed by atoms with Gasteiger partial charge in [-0.1, -0.05) is 48.9 Å². The van der Waals surface area contributed by atoms with Crippen LogP contribution in [0.1, 0.15) is 29.7 Å². The fourth-order valence-electron chi connectivity index (χ4n) is 2.42. The minimum Gasteiger partial charge on any atom is -0.496 e. The molecule has 2 rings (SSSR count). The molecule has 0 aliphatic carbocycles. The Morgan fingerprint density at radius 3 is 2.65 bits per heavy atom. The van der Waals surface area contributed by atoms with Crippen LogP contribution in [0.25, 0.3) is 0 Å². The van der Waals surface area contributed by atoms with Crippen LogP contribution in [-0.4, -0.2) is 14.2 Å². The van der Waals surface area contributed by atoms with Gasteiger partial charge in [0.25, 0.3) is 0 Å². The van der Waals surface area contributed by atoms with Crippen molar-refractivity contribution in [1.82, 2.24) is 5.32 Å². The van der Waals surface area contributed by atoms with Gasteiger partial charge in [-0.2, -0.15) is 0 Å². The van der Waals surface area contributed by atoms with Crippen LogP contribution in [0, 0.1) is 0 Å². The van der Waals surface area contributed by atoms with E-state index < -0.39 is 0 Å². The van der Waals surface area contributed by atoms with E-state index in [1.54, 1.807) is 7.11 Å². The van der Waals surface area contributed by atoms with Gasteiger partial charge in [0.05, 0.1) is 13.2 Å². The molecule has 0 heterocycles. The summed E-state index contributed by atoms with van der Waals surface area (Å²) in [6, 6.07) is 14.5. The van der Waals surface area contributed by atoms with Crippen molar-refractivity contribution < 1.29 is 4.74 Å². The minimum atomic E-state index is 0.0914. The molecule has 1 atom stereocenters. The van der Waals surface area contributed by atoms with E-state index in [1.807, 2.05) is 25.2 Å². The predicted octanol–water partition coefficient (Wildman–Crippen LogP) is 4.22. The second-order valence-electron chi connectivity index (χ2n) is 4.71. The highest BCUT2D eigenvalue weighted by molar-refractivity contribution is 6.30. The molecule has 0 aliphatic heterocycles. The number of rotatable bonds is 5. The van der Waals surface area contributed by atoms with Gasteiger partial charge in [0.2, 0.25) is 0 Å². The Kier molecular flexibility index (Phi) is 5.05. The van der Waals surface area contributed by atoms with Crippen molar-refractivity contribution in [2.45, 2.75) is 19.4 Å². The summed E-state index contributed by atoms with van der Waals surface area (Å²) in [4.78, 5) is 0. The molecule has 0 bridgehead atoms. The van der Waals surface area contributed by atoms with Gasteiger partial charge in [0.15, 0.2) is 0 Å². The van der Waals surface area contributed by atoms with Crippen molar-refractivity contribution in [2.75, 3.05) is 14.2 Å². The molecule has 2 aromatic rings. The van der Waals surface area contributed by atoms with Crippen LogP contribution in [0.15, 0.2) is 42.5 Å². The summed E-state index contributed by atoms with van der Waals surface area (Å²) in [6.45, 7) is 2.16. The zero-order valence-corrected chi connectivity index (χ0v) is 12.9. The standard InChI is InChI=1S/C17H20ClNO/c1-4-12-6-5-7-13(10-12)17(19-2)15-9-8-14(18)11-16(15)20-3/h5-11,17,19H,4H2,1-3H3. The molecule has 106 valence electrons. The molecule has 0 amide bonds. The summed E-state index contributed by atoms with van der Waals surface area (Å²) < 4.78 is 5.46. The van der Waals surface area contributed by atoms with Gasteiger partial charge in [-0.15, -0.1) is 0 Å². The average molecular weight is 290 g/mol. The van der Waals surface area contributed by atoms with Crippen molar-refractivity contribution in [2.24, 2.45) is 0 Å². The molecule has 2 aromatic carbocycles. The van der Waals surface area contributed by atoms with Gasteiger partial charge in [-0.05, 0) is 36.7 Å². The summed E-state index contributed by atoms with van der Waals surface area (Å²) in [7, 11) is 3.63. The Morgan fingerprint density at radius 2 is 2.00 bits per heavy atom. The second kappa shape index (κ2) is 6.78. The van der Waals surface area contributed by atoms with Gasteiger partial charge >= 0.3 is 0 Å². The van der Waals surface area contributed by atoms with Gasteiger partial charge < -0.3 is 10.1 Å². The van der Waals surface area contributed by atoms with Crippen LogP contribution < -0.4 is 10.1 Å². The van der Waals surface area contributed by atoms with Crippen molar-refractivity contribution in [3.8, 4) is 5.75 Å². The summed E-state index contributed by atoms with van der Waals surface area (Å²) in [6.07, 6.45) is 1.03. The zero-order chi connectivity index (χ0) is 14.5. The molecular formula is C17H20ClNO. The molecule has 0 spiro atoms. The summed E-state index contributed by atoms with van der Waals surface area (Å²) >= 11 is 6.04. The topological polar surface area (TPSA) is 21.3 Å². The number of nitrogens with one attached hydrogen (secondary N) is 1. The molecule has 0 saturated heterocycles. The summed E-state index contributed by atoms with van der Waals surface area (Å²) in [5.41, 5.74) is 3.65. The number of halogens is 1. The average Bonchev–Trinajstić information content (AvgIpc) is 2.49. The van der Waals surface area contributed by atoms with Crippen LogP contribution in [0.2, 0.25) is 5.02 Å². The third-order valence-electron chi connectivity index (χ3n) is 3.49. The lowest BCUT2D eigenvalue weighted by molar-refractivity contribution is 0.405. The van der Waals surface area contributed by atoms with Crippen molar-refractivity contribution in [1.29, 1.82) is 0 Å². The van der Waals surface area contributed by atoms with Gasteiger partial charge in [0, 0.05) is 10.6 Å². The normalized spacial score (nSPS) is 12.2. The lowest BCUT2D eigenvalue weighted by Gasteiger charge is -2.20. The van der Waals surface area contributed by atoms with Crippen molar-refractivity contribution in [3.63, 3.8) is 0 Å². The monoisotopic (exact) mass is 289 g/mol. The molecule has 1 N–H and O–H groups in total. The first-order valence-corrected chi connectivity index (χ1v) is 7.17. The fraction of sp³-hybridized carbons (Fsp3) is 0.294. The number of hydrogen-bond donors (Lipinski definition) is 1. The Morgan fingerprint density at radius 1 is 1.20 bits per heavy atom. The second-order valence-corrected chi connectivity index (χ2v) is 5.14. The lowest BCUT2D eigenvalue weighted by atomic mass is 9.96. The van der Waals surface area contributed by atoms with Crippen LogP contribution in [0.4, 0.5) is 0 Å². The molecular weight excluding hydrogens is 270 g/mol. The van der Waals surface area contributed by atoms with Crippen molar-refractivity contribution in [3.05, 3.63) is 64.2 Å². The molecule has 3 heteroatoms. The summed E-state index contributed by atoms with van der Waals surface area (Å²) in [5.74, 6) is 0.804. The number of aryl methyl sites for hydroxylation is 1. The Labute approximate surface area is 125 Å². The highest BCUT2D eigenvalue weighted by Gasteiger charge is 2.17. The van der Waals surface area contributed by atoms with E-state index in [2.05, 4.69) is 36.5 Å². The fourth-order valence-corrected chi connectivity index (χ4v) is 2.58. The van der Waals surface area contributed by atoms with Gasteiger partial charge in [0.1, 0.15) is 5.75 Å². The summed E-state index contributed by atoms with van der Waals surface area (Å²) in [5, 5.41) is 4.04. The number of methoxy groups -OCH3 is 1. The SMILES string of the molecule is CCc1cccc(C(NC)c2ccc(Cl)cc2OC)c1. The van der Waals surface area contributed by atoms with Gasteiger partial charge in [-0.25, -0.2) is 0 Å². The maximum atomic E-state index is 6.04. The van der Waals surface area contributed by atoms with E-state index in [4.69, 9.17) is 16.3 Å². The van der Waals surface area contributed by atoms with Crippen LogP contribution in [0.3, 0.4) is 0 Å². The Bertz CT molecular complexity index is 583. The smallest absolute Gasteiger partial charge is 0.125 e. The Hall–Kier alpha value is -1.51. The first kappa shape index (κ1) is 14.9. The van der Waals surface area contributed by atoms with E-state index >= 15 is 0 Å². The van der Waals surface area contributed by atoms with Gasteiger partial charge in [-0.3, -0.25) is 0 Å². The highest BCUT2D eigenvalue weighted by Crippen LogP contribution is 2.32. The largest absolute Gasteiger partial charge is 0.496 e. The maximum Gasteiger partial charge on any atom is 0.125 e. The number of ether oxygens (including phenoxy) is 1. The third-order valence-corrected chi connectivity index (χ3v) is 3.72. The lowest BCUT2D eigenvalue weighted by Crippen LogP contribution is -2.18.